The highest BCUT2D eigenvalue weighted by Crippen LogP contribution is 2.28. The third kappa shape index (κ3) is 4.43. The first-order valence-corrected chi connectivity index (χ1v) is 9.45. The molecular formula is C24H19FO5. The molecule has 0 saturated carbocycles. The molecule has 0 radical (unpaired) electrons. The maximum absolute atomic E-state index is 13.6. The van der Waals surface area contributed by atoms with Crippen LogP contribution >= 0.6 is 0 Å². The first kappa shape index (κ1) is 19.5. The van der Waals surface area contributed by atoms with Gasteiger partial charge in [-0.1, -0.05) is 48.5 Å². The Balaban J connectivity index is 1.44. The lowest BCUT2D eigenvalue weighted by Crippen LogP contribution is -2.14. The molecule has 152 valence electrons. The van der Waals surface area contributed by atoms with Crippen molar-refractivity contribution in [1.82, 2.24) is 0 Å². The highest BCUT2D eigenvalue weighted by Gasteiger charge is 2.22. The van der Waals surface area contributed by atoms with Gasteiger partial charge in [-0.2, -0.15) is 0 Å². The smallest absolute Gasteiger partial charge is 0.374 e. The molecule has 4 rings (SSSR count). The number of carbonyl (C=O) groups excluding carboxylic acids is 1. The first-order valence-electron chi connectivity index (χ1n) is 9.45. The Kier molecular flexibility index (Phi) is 5.94. The molecule has 6 heteroatoms. The van der Waals surface area contributed by atoms with Crippen LogP contribution in [0, 0.1) is 5.82 Å². The van der Waals surface area contributed by atoms with E-state index in [2.05, 4.69) is 0 Å². The van der Waals surface area contributed by atoms with Gasteiger partial charge in [-0.15, -0.1) is 0 Å². The number of hydrogen-bond donors (Lipinski definition) is 0. The molecule has 0 fully saturated rings. The molecule has 0 atom stereocenters. The lowest BCUT2D eigenvalue weighted by atomic mass is 10.1. The van der Waals surface area contributed by atoms with Gasteiger partial charge in [0.2, 0.25) is 5.76 Å². The summed E-state index contributed by atoms with van der Waals surface area (Å²) >= 11 is 0. The van der Waals surface area contributed by atoms with Crippen LogP contribution in [0.15, 0.2) is 83.3 Å². The van der Waals surface area contributed by atoms with Crippen molar-refractivity contribution in [1.29, 1.82) is 0 Å². The molecular weight excluding hydrogens is 387 g/mol. The summed E-state index contributed by atoms with van der Waals surface area (Å²) in [5, 5.41) is 0.781. The number of benzene rings is 3. The van der Waals surface area contributed by atoms with Gasteiger partial charge in [0, 0.05) is 5.39 Å². The zero-order valence-electron chi connectivity index (χ0n) is 16.0. The predicted molar refractivity (Wildman–Crippen MR) is 109 cm³/mol. The fourth-order valence-electron chi connectivity index (χ4n) is 2.99. The van der Waals surface area contributed by atoms with Crippen LogP contribution in [0.2, 0.25) is 0 Å². The normalized spacial score (nSPS) is 10.7. The van der Waals surface area contributed by atoms with E-state index in [-0.39, 0.29) is 31.3 Å². The van der Waals surface area contributed by atoms with Gasteiger partial charge in [-0.05, 0) is 30.3 Å². The van der Waals surface area contributed by atoms with Crippen LogP contribution < -0.4 is 9.47 Å². The van der Waals surface area contributed by atoms with Crippen molar-refractivity contribution < 1.29 is 27.8 Å². The topological polar surface area (TPSA) is 57.9 Å². The Labute approximate surface area is 172 Å². The van der Waals surface area contributed by atoms with Gasteiger partial charge in [0.1, 0.15) is 31.2 Å². The molecule has 0 N–H and O–H groups in total. The SMILES string of the molecule is O=C(OCCOc1ccccc1F)c1oc2ccccc2c1COc1ccccc1. The van der Waals surface area contributed by atoms with Crippen LogP contribution in [-0.2, 0) is 11.3 Å². The molecule has 0 aliphatic carbocycles. The number of halogens is 1. The van der Waals surface area contributed by atoms with E-state index < -0.39 is 11.8 Å². The van der Waals surface area contributed by atoms with E-state index in [0.717, 1.165) is 5.39 Å². The number of para-hydroxylation sites is 3. The number of furan rings is 1. The van der Waals surface area contributed by atoms with Gasteiger partial charge in [0.15, 0.2) is 11.6 Å². The lowest BCUT2D eigenvalue weighted by molar-refractivity contribution is 0.0412. The van der Waals surface area contributed by atoms with Gasteiger partial charge in [-0.25, -0.2) is 9.18 Å². The van der Waals surface area contributed by atoms with Gasteiger partial charge in [-0.3, -0.25) is 0 Å². The van der Waals surface area contributed by atoms with Gasteiger partial charge >= 0.3 is 5.97 Å². The van der Waals surface area contributed by atoms with Crippen molar-refractivity contribution in [2.24, 2.45) is 0 Å². The Morgan fingerprint density at radius 1 is 0.833 bits per heavy atom. The van der Waals surface area contributed by atoms with Crippen molar-refractivity contribution in [2.75, 3.05) is 13.2 Å². The molecule has 0 spiro atoms. The predicted octanol–water partition coefficient (Wildman–Crippen LogP) is 5.39. The molecule has 0 unspecified atom stereocenters. The molecule has 0 saturated heterocycles. The average Bonchev–Trinajstić information content (AvgIpc) is 3.16. The fraction of sp³-hybridized carbons (Fsp3) is 0.125. The molecule has 4 aromatic rings. The molecule has 0 amide bonds. The summed E-state index contributed by atoms with van der Waals surface area (Å²) in [6.45, 7) is 0.114. The third-order valence-electron chi connectivity index (χ3n) is 4.42. The van der Waals surface area contributed by atoms with Crippen LogP contribution in [0.25, 0.3) is 11.0 Å². The molecule has 1 heterocycles. The Morgan fingerprint density at radius 3 is 2.40 bits per heavy atom. The summed E-state index contributed by atoms with van der Waals surface area (Å²) in [5.41, 5.74) is 1.17. The summed E-state index contributed by atoms with van der Waals surface area (Å²) in [5.74, 6) is -0.232. The molecule has 3 aromatic carbocycles. The zero-order chi connectivity index (χ0) is 20.8. The highest BCUT2D eigenvalue weighted by atomic mass is 19.1. The summed E-state index contributed by atoms with van der Waals surface area (Å²) < 4.78 is 35.7. The van der Waals surface area contributed by atoms with Gasteiger partial charge < -0.3 is 18.6 Å². The average molecular weight is 406 g/mol. The van der Waals surface area contributed by atoms with Crippen LogP contribution in [0.3, 0.4) is 0 Å². The maximum Gasteiger partial charge on any atom is 0.374 e. The van der Waals surface area contributed by atoms with E-state index >= 15 is 0 Å². The van der Waals surface area contributed by atoms with E-state index in [1.165, 1.54) is 12.1 Å². The van der Waals surface area contributed by atoms with E-state index in [1.807, 2.05) is 48.5 Å². The summed E-state index contributed by atoms with van der Waals surface area (Å²) in [6, 6.07) is 22.7. The Hall–Kier alpha value is -3.80. The van der Waals surface area contributed by atoms with Crippen molar-refractivity contribution in [3.05, 3.63) is 96.0 Å². The monoisotopic (exact) mass is 406 g/mol. The number of esters is 1. The number of fused-ring (bicyclic) bond motifs is 1. The van der Waals surface area contributed by atoms with Crippen molar-refractivity contribution in [3.63, 3.8) is 0 Å². The highest BCUT2D eigenvalue weighted by molar-refractivity contribution is 5.96. The van der Waals surface area contributed by atoms with Crippen LogP contribution in [0.1, 0.15) is 16.1 Å². The standard InChI is InChI=1S/C24H19FO5/c25-20-11-5-7-13-22(20)27-14-15-28-24(26)23-19(16-29-17-8-2-1-3-9-17)18-10-4-6-12-21(18)30-23/h1-13H,14-16H2. The lowest BCUT2D eigenvalue weighted by Gasteiger charge is -2.09. The van der Waals surface area contributed by atoms with Crippen molar-refractivity contribution in [3.8, 4) is 11.5 Å². The van der Waals surface area contributed by atoms with Gasteiger partial charge in [0.25, 0.3) is 0 Å². The van der Waals surface area contributed by atoms with Crippen molar-refractivity contribution in [2.45, 2.75) is 6.61 Å². The molecule has 5 nitrogen and oxygen atoms in total. The van der Waals surface area contributed by atoms with E-state index in [0.29, 0.717) is 16.9 Å². The second kappa shape index (κ2) is 9.13. The largest absolute Gasteiger partial charge is 0.489 e. The van der Waals surface area contributed by atoms with Crippen LogP contribution in [-0.4, -0.2) is 19.2 Å². The second-order valence-corrected chi connectivity index (χ2v) is 6.42. The molecule has 0 aliphatic heterocycles. The van der Waals surface area contributed by atoms with Crippen molar-refractivity contribution >= 4 is 16.9 Å². The Bertz CT molecular complexity index is 1140. The number of carbonyl (C=O) groups is 1. The molecule has 0 bridgehead atoms. The summed E-state index contributed by atoms with van der Waals surface area (Å²) in [7, 11) is 0. The summed E-state index contributed by atoms with van der Waals surface area (Å²) in [4.78, 5) is 12.6. The second-order valence-electron chi connectivity index (χ2n) is 6.42. The van der Waals surface area contributed by atoms with Gasteiger partial charge in [0.05, 0.1) is 5.56 Å². The molecule has 0 aliphatic rings. The Morgan fingerprint density at radius 2 is 1.57 bits per heavy atom. The molecule has 30 heavy (non-hydrogen) atoms. The summed E-state index contributed by atoms with van der Waals surface area (Å²) in [6.07, 6.45) is 0. The van der Waals surface area contributed by atoms with E-state index in [9.17, 15) is 9.18 Å². The zero-order valence-corrected chi connectivity index (χ0v) is 16.0. The first-order chi connectivity index (χ1) is 14.7. The minimum absolute atomic E-state index is 0.0166. The minimum Gasteiger partial charge on any atom is -0.489 e. The number of hydrogen-bond acceptors (Lipinski definition) is 5. The fourth-order valence-corrected chi connectivity index (χ4v) is 2.99. The quantitative estimate of drug-likeness (QED) is 0.290. The van der Waals surface area contributed by atoms with E-state index in [1.54, 1.807) is 18.2 Å². The molecule has 1 aromatic heterocycles. The minimum atomic E-state index is -0.630. The van der Waals surface area contributed by atoms with Crippen LogP contribution in [0.4, 0.5) is 4.39 Å². The van der Waals surface area contributed by atoms with Crippen LogP contribution in [0.5, 0.6) is 11.5 Å². The van der Waals surface area contributed by atoms with E-state index in [4.69, 9.17) is 18.6 Å². The number of ether oxygens (including phenoxy) is 3. The maximum atomic E-state index is 13.6. The third-order valence-corrected chi connectivity index (χ3v) is 4.42. The number of rotatable bonds is 8.